The molecule has 1 aromatic heterocycles. The van der Waals surface area contributed by atoms with E-state index in [2.05, 4.69) is 24.3 Å². The van der Waals surface area contributed by atoms with Crippen LogP contribution in [0, 0.1) is 0 Å². The normalized spacial score (nSPS) is 11.1. The largest absolute Gasteiger partial charge is 0.348 e. The quantitative estimate of drug-likeness (QED) is 0.823. The molecule has 0 aliphatic carbocycles. The SMILES string of the molecule is CC(C)NC(=O)c1cc(C(C)C)n(C)n1. The fourth-order valence-corrected chi connectivity index (χ4v) is 1.47. The summed E-state index contributed by atoms with van der Waals surface area (Å²) < 4.78 is 1.76. The molecule has 0 fully saturated rings. The van der Waals surface area contributed by atoms with Crippen LogP contribution < -0.4 is 5.32 Å². The minimum Gasteiger partial charge on any atom is -0.348 e. The van der Waals surface area contributed by atoms with E-state index >= 15 is 0 Å². The molecule has 15 heavy (non-hydrogen) atoms. The number of aryl methyl sites for hydroxylation is 1. The molecule has 0 aliphatic heterocycles. The maximum absolute atomic E-state index is 11.7. The van der Waals surface area contributed by atoms with Crippen molar-refractivity contribution in [1.29, 1.82) is 0 Å². The summed E-state index contributed by atoms with van der Waals surface area (Å²) in [5.74, 6) is 0.274. The van der Waals surface area contributed by atoms with E-state index in [1.165, 1.54) is 0 Å². The number of nitrogens with one attached hydrogen (secondary N) is 1. The Bertz CT molecular complexity index is 353. The van der Waals surface area contributed by atoms with Crippen molar-refractivity contribution in [3.63, 3.8) is 0 Å². The third-order valence-electron chi connectivity index (χ3n) is 2.16. The number of carbonyl (C=O) groups excluding carboxylic acids is 1. The van der Waals surface area contributed by atoms with Gasteiger partial charge in [-0.3, -0.25) is 9.48 Å². The molecule has 1 rings (SSSR count). The van der Waals surface area contributed by atoms with E-state index in [4.69, 9.17) is 0 Å². The molecule has 1 heterocycles. The molecule has 0 unspecified atom stereocenters. The van der Waals surface area contributed by atoms with Gasteiger partial charge in [0.1, 0.15) is 5.69 Å². The maximum atomic E-state index is 11.7. The minimum atomic E-state index is -0.104. The Morgan fingerprint density at radius 1 is 1.40 bits per heavy atom. The van der Waals surface area contributed by atoms with E-state index in [1.54, 1.807) is 4.68 Å². The van der Waals surface area contributed by atoms with Gasteiger partial charge in [-0.1, -0.05) is 13.8 Å². The van der Waals surface area contributed by atoms with E-state index < -0.39 is 0 Å². The van der Waals surface area contributed by atoms with Crippen molar-refractivity contribution in [3.05, 3.63) is 17.5 Å². The van der Waals surface area contributed by atoms with Crippen LogP contribution in [0.2, 0.25) is 0 Å². The first-order valence-corrected chi connectivity index (χ1v) is 5.26. The summed E-state index contributed by atoms with van der Waals surface area (Å²) in [5.41, 5.74) is 1.57. The fraction of sp³-hybridized carbons (Fsp3) is 0.636. The van der Waals surface area contributed by atoms with Gasteiger partial charge in [-0.25, -0.2) is 0 Å². The molecule has 84 valence electrons. The monoisotopic (exact) mass is 209 g/mol. The van der Waals surface area contributed by atoms with E-state index in [1.807, 2.05) is 27.0 Å². The standard InChI is InChI=1S/C11H19N3O/c1-7(2)10-6-9(13-14(10)5)11(15)12-8(3)4/h6-8H,1-5H3,(H,12,15). The molecule has 1 aromatic rings. The first-order valence-electron chi connectivity index (χ1n) is 5.26. The van der Waals surface area contributed by atoms with Crippen LogP contribution in [-0.2, 0) is 7.05 Å². The zero-order valence-electron chi connectivity index (χ0n) is 10.0. The number of amides is 1. The predicted octanol–water partition coefficient (Wildman–Crippen LogP) is 1.68. The average Bonchev–Trinajstić information content (AvgIpc) is 2.46. The lowest BCUT2D eigenvalue weighted by Gasteiger charge is -2.04. The number of aromatic nitrogens is 2. The lowest BCUT2D eigenvalue weighted by Crippen LogP contribution is -2.30. The average molecular weight is 209 g/mol. The van der Waals surface area contributed by atoms with Gasteiger partial charge < -0.3 is 5.32 Å². The molecular weight excluding hydrogens is 190 g/mol. The Morgan fingerprint density at radius 2 is 2.00 bits per heavy atom. The Balaban J connectivity index is 2.87. The Morgan fingerprint density at radius 3 is 2.40 bits per heavy atom. The van der Waals surface area contributed by atoms with Gasteiger partial charge in [0.2, 0.25) is 0 Å². The molecule has 0 atom stereocenters. The lowest BCUT2D eigenvalue weighted by atomic mass is 10.1. The van der Waals surface area contributed by atoms with Crippen LogP contribution in [0.4, 0.5) is 0 Å². The van der Waals surface area contributed by atoms with Gasteiger partial charge in [0.15, 0.2) is 0 Å². The topological polar surface area (TPSA) is 46.9 Å². The molecule has 0 aliphatic rings. The van der Waals surface area contributed by atoms with Crippen LogP contribution in [0.15, 0.2) is 6.07 Å². The molecule has 0 radical (unpaired) electrons. The molecule has 4 nitrogen and oxygen atoms in total. The molecular formula is C11H19N3O. The number of rotatable bonds is 3. The molecule has 0 aromatic carbocycles. The van der Waals surface area contributed by atoms with E-state index in [-0.39, 0.29) is 11.9 Å². The van der Waals surface area contributed by atoms with Crippen molar-refractivity contribution in [2.75, 3.05) is 0 Å². The van der Waals surface area contributed by atoms with Gasteiger partial charge in [-0.15, -0.1) is 0 Å². The smallest absolute Gasteiger partial charge is 0.271 e. The zero-order chi connectivity index (χ0) is 11.6. The van der Waals surface area contributed by atoms with E-state index in [0.717, 1.165) is 5.69 Å². The minimum absolute atomic E-state index is 0.104. The van der Waals surface area contributed by atoms with Crippen LogP contribution in [0.25, 0.3) is 0 Å². The lowest BCUT2D eigenvalue weighted by molar-refractivity contribution is 0.0937. The molecule has 0 bridgehead atoms. The van der Waals surface area contributed by atoms with Gasteiger partial charge in [0, 0.05) is 18.8 Å². The first-order chi connectivity index (χ1) is 6.91. The van der Waals surface area contributed by atoms with Gasteiger partial charge in [-0.2, -0.15) is 5.10 Å². The summed E-state index contributed by atoms with van der Waals surface area (Å²) in [7, 11) is 1.86. The summed E-state index contributed by atoms with van der Waals surface area (Å²) in [5, 5.41) is 7.01. The summed E-state index contributed by atoms with van der Waals surface area (Å²) in [6.45, 7) is 8.04. The highest BCUT2D eigenvalue weighted by molar-refractivity contribution is 5.92. The Labute approximate surface area is 90.7 Å². The van der Waals surface area contributed by atoms with Gasteiger partial charge in [-0.05, 0) is 25.8 Å². The van der Waals surface area contributed by atoms with Crippen LogP contribution in [0.3, 0.4) is 0 Å². The second-order valence-corrected chi connectivity index (χ2v) is 4.36. The third-order valence-corrected chi connectivity index (χ3v) is 2.16. The Hall–Kier alpha value is -1.32. The van der Waals surface area contributed by atoms with Crippen LogP contribution in [-0.4, -0.2) is 21.7 Å². The Kier molecular flexibility index (Phi) is 3.50. The van der Waals surface area contributed by atoms with Crippen LogP contribution in [0.5, 0.6) is 0 Å². The summed E-state index contributed by atoms with van der Waals surface area (Å²) >= 11 is 0. The molecule has 1 N–H and O–H groups in total. The molecule has 0 saturated heterocycles. The molecule has 1 amide bonds. The second-order valence-electron chi connectivity index (χ2n) is 4.36. The van der Waals surface area contributed by atoms with Gasteiger partial charge in [0.05, 0.1) is 0 Å². The summed E-state index contributed by atoms with van der Waals surface area (Å²) in [6, 6.07) is 1.99. The van der Waals surface area contributed by atoms with Crippen molar-refractivity contribution in [1.82, 2.24) is 15.1 Å². The highest BCUT2D eigenvalue weighted by Gasteiger charge is 2.14. The van der Waals surface area contributed by atoms with Crippen molar-refractivity contribution >= 4 is 5.91 Å². The highest BCUT2D eigenvalue weighted by Crippen LogP contribution is 2.14. The van der Waals surface area contributed by atoms with Crippen LogP contribution in [0.1, 0.15) is 49.8 Å². The number of hydrogen-bond donors (Lipinski definition) is 1. The van der Waals surface area contributed by atoms with Crippen molar-refractivity contribution in [3.8, 4) is 0 Å². The zero-order valence-corrected chi connectivity index (χ0v) is 10.0. The molecule has 0 spiro atoms. The predicted molar refractivity (Wildman–Crippen MR) is 59.9 cm³/mol. The number of carbonyl (C=O) groups is 1. The second kappa shape index (κ2) is 4.47. The maximum Gasteiger partial charge on any atom is 0.271 e. The molecule has 0 saturated carbocycles. The summed E-state index contributed by atoms with van der Waals surface area (Å²) in [6.07, 6.45) is 0. The first kappa shape index (κ1) is 11.8. The fourth-order valence-electron chi connectivity index (χ4n) is 1.47. The van der Waals surface area contributed by atoms with E-state index in [0.29, 0.717) is 11.6 Å². The third kappa shape index (κ3) is 2.81. The van der Waals surface area contributed by atoms with Gasteiger partial charge >= 0.3 is 0 Å². The molecule has 4 heteroatoms. The highest BCUT2D eigenvalue weighted by atomic mass is 16.2. The van der Waals surface area contributed by atoms with Crippen molar-refractivity contribution in [2.45, 2.75) is 39.7 Å². The van der Waals surface area contributed by atoms with E-state index in [9.17, 15) is 4.79 Å². The number of hydrogen-bond acceptors (Lipinski definition) is 2. The van der Waals surface area contributed by atoms with Gasteiger partial charge in [0.25, 0.3) is 5.91 Å². The summed E-state index contributed by atoms with van der Waals surface area (Å²) in [4.78, 5) is 11.7. The van der Waals surface area contributed by atoms with Crippen molar-refractivity contribution in [2.24, 2.45) is 7.05 Å². The van der Waals surface area contributed by atoms with Crippen molar-refractivity contribution < 1.29 is 4.79 Å². The van der Waals surface area contributed by atoms with Crippen LogP contribution >= 0.6 is 0 Å². The number of nitrogens with zero attached hydrogens (tertiary/aromatic N) is 2.